The van der Waals surface area contributed by atoms with Crippen LogP contribution in [0.3, 0.4) is 0 Å². The summed E-state index contributed by atoms with van der Waals surface area (Å²) in [6, 6.07) is 1.71. The summed E-state index contributed by atoms with van der Waals surface area (Å²) < 4.78 is 0. The van der Waals surface area contributed by atoms with Gasteiger partial charge < -0.3 is 14.9 Å². The van der Waals surface area contributed by atoms with Gasteiger partial charge in [0.1, 0.15) is 6.54 Å². The maximum absolute atomic E-state index is 12.0. The molecular weight excluding hydrogens is 240 g/mol. The number of nitrogens with zero attached hydrogens (tertiary/aromatic N) is 2. The molecule has 0 saturated carbocycles. The standard InChI is InChI=1S/C11H16N2O3S/c1-12(2)4-5-13(7-10(14)15)11(16)9-3-6-17-8-9/h3,6,8H,4-5,7H2,1-2H3,(H,14,15). The van der Waals surface area contributed by atoms with Crippen molar-refractivity contribution < 1.29 is 14.7 Å². The molecule has 0 aliphatic heterocycles. The highest BCUT2D eigenvalue weighted by Gasteiger charge is 2.18. The number of likely N-dealkylation sites (N-methyl/N-ethyl adjacent to an activating group) is 1. The van der Waals surface area contributed by atoms with Gasteiger partial charge in [-0.05, 0) is 25.5 Å². The molecule has 17 heavy (non-hydrogen) atoms. The van der Waals surface area contributed by atoms with Gasteiger partial charge in [0.05, 0.1) is 5.56 Å². The van der Waals surface area contributed by atoms with Crippen molar-refractivity contribution in [2.45, 2.75) is 0 Å². The summed E-state index contributed by atoms with van der Waals surface area (Å²) in [5.41, 5.74) is 0.551. The molecule has 0 fully saturated rings. The lowest BCUT2D eigenvalue weighted by molar-refractivity contribution is -0.137. The van der Waals surface area contributed by atoms with Crippen molar-refractivity contribution in [3.63, 3.8) is 0 Å². The molecule has 1 rings (SSSR count). The van der Waals surface area contributed by atoms with Gasteiger partial charge in [-0.25, -0.2) is 0 Å². The average molecular weight is 256 g/mol. The Labute approximate surface area is 104 Å². The van der Waals surface area contributed by atoms with Crippen molar-refractivity contribution >= 4 is 23.2 Å². The van der Waals surface area contributed by atoms with Gasteiger partial charge >= 0.3 is 5.97 Å². The third-order valence-electron chi connectivity index (χ3n) is 2.20. The minimum absolute atomic E-state index is 0.226. The molecule has 0 radical (unpaired) electrons. The SMILES string of the molecule is CN(C)CCN(CC(=O)O)C(=O)c1ccsc1. The number of thiophene rings is 1. The first kappa shape index (κ1) is 13.7. The van der Waals surface area contributed by atoms with Gasteiger partial charge in [0, 0.05) is 18.5 Å². The monoisotopic (exact) mass is 256 g/mol. The molecule has 0 bridgehead atoms. The summed E-state index contributed by atoms with van der Waals surface area (Å²) in [4.78, 5) is 26.0. The number of carbonyl (C=O) groups excluding carboxylic acids is 1. The smallest absolute Gasteiger partial charge is 0.323 e. The molecule has 1 N–H and O–H groups in total. The van der Waals surface area contributed by atoms with Crippen LogP contribution in [0.2, 0.25) is 0 Å². The zero-order valence-corrected chi connectivity index (χ0v) is 10.7. The molecule has 6 heteroatoms. The Hall–Kier alpha value is -1.40. The van der Waals surface area contributed by atoms with Crippen LogP contribution in [0, 0.1) is 0 Å². The van der Waals surface area contributed by atoms with E-state index in [4.69, 9.17) is 5.11 Å². The van der Waals surface area contributed by atoms with Crippen LogP contribution < -0.4 is 0 Å². The first-order valence-electron chi connectivity index (χ1n) is 5.18. The second-order valence-electron chi connectivity index (χ2n) is 3.94. The lowest BCUT2D eigenvalue weighted by atomic mass is 10.3. The van der Waals surface area contributed by atoms with Gasteiger partial charge in [0.2, 0.25) is 0 Å². The van der Waals surface area contributed by atoms with Crippen molar-refractivity contribution in [3.8, 4) is 0 Å². The number of hydrogen-bond donors (Lipinski definition) is 1. The molecule has 5 nitrogen and oxygen atoms in total. The maximum atomic E-state index is 12.0. The molecular formula is C11H16N2O3S. The van der Waals surface area contributed by atoms with E-state index in [9.17, 15) is 9.59 Å². The lowest BCUT2D eigenvalue weighted by Crippen LogP contribution is -2.39. The molecule has 0 atom stereocenters. The number of carbonyl (C=O) groups is 2. The van der Waals surface area contributed by atoms with Crippen LogP contribution in [-0.2, 0) is 4.79 Å². The predicted molar refractivity (Wildman–Crippen MR) is 66.4 cm³/mol. The predicted octanol–water partition coefficient (Wildman–Crippen LogP) is 0.837. The molecule has 0 unspecified atom stereocenters. The van der Waals surface area contributed by atoms with E-state index in [0.717, 1.165) is 0 Å². The number of carboxylic acid groups (broad SMARTS) is 1. The van der Waals surface area contributed by atoms with Crippen molar-refractivity contribution in [2.75, 3.05) is 33.7 Å². The number of amides is 1. The van der Waals surface area contributed by atoms with Gasteiger partial charge in [-0.1, -0.05) is 0 Å². The highest BCUT2D eigenvalue weighted by molar-refractivity contribution is 7.08. The van der Waals surface area contributed by atoms with E-state index < -0.39 is 5.97 Å². The van der Waals surface area contributed by atoms with E-state index in [2.05, 4.69) is 0 Å². The van der Waals surface area contributed by atoms with E-state index in [1.165, 1.54) is 16.2 Å². The quantitative estimate of drug-likeness (QED) is 0.819. The van der Waals surface area contributed by atoms with Crippen LogP contribution >= 0.6 is 11.3 Å². The van der Waals surface area contributed by atoms with E-state index in [-0.39, 0.29) is 12.5 Å². The fourth-order valence-electron chi connectivity index (χ4n) is 1.31. The highest BCUT2D eigenvalue weighted by atomic mass is 32.1. The van der Waals surface area contributed by atoms with Gasteiger partial charge in [0.25, 0.3) is 5.91 Å². The molecule has 1 aromatic heterocycles. The molecule has 94 valence electrons. The first-order chi connectivity index (χ1) is 8.00. The van der Waals surface area contributed by atoms with Gasteiger partial charge in [-0.2, -0.15) is 11.3 Å². The minimum atomic E-state index is -0.993. The molecule has 0 saturated heterocycles. The van der Waals surface area contributed by atoms with Gasteiger partial charge in [-0.15, -0.1) is 0 Å². The summed E-state index contributed by atoms with van der Waals surface area (Å²) in [6.45, 7) is 0.791. The van der Waals surface area contributed by atoms with Crippen LogP contribution in [0.1, 0.15) is 10.4 Å². The first-order valence-corrected chi connectivity index (χ1v) is 6.13. The van der Waals surface area contributed by atoms with E-state index >= 15 is 0 Å². The van der Waals surface area contributed by atoms with Gasteiger partial charge in [0.15, 0.2) is 0 Å². The maximum Gasteiger partial charge on any atom is 0.323 e. The van der Waals surface area contributed by atoms with E-state index in [1.54, 1.807) is 16.8 Å². The largest absolute Gasteiger partial charge is 0.480 e. The highest BCUT2D eigenvalue weighted by Crippen LogP contribution is 2.09. The Morgan fingerprint density at radius 2 is 2.06 bits per heavy atom. The fraction of sp³-hybridized carbons (Fsp3) is 0.455. The Kier molecular flexibility index (Phi) is 5.11. The van der Waals surface area contributed by atoms with Crippen molar-refractivity contribution in [3.05, 3.63) is 22.4 Å². The lowest BCUT2D eigenvalue weighted by Gasteiger charge is -2.22. The normalized spacial score (nSPS) is 10.5. The molecule has 1 heterocycles. The molecule has 0 aliphatic rings. The van der Waals surface area contributed by atoms with Crippen LogP contribution in [-0.4, -0.2) is 60.5 Å². The molecule has 0 aliphatic carbocycles. The number of hydrogen-bond acceptors (Lipinski definition) is 4. The second-order valence-corrected chi connectivity index (χ2v) is 4.72. The Bertz CT molecular complexity index is 376. The van der Waals surface area contributed by atoms with Crippen LogP contribution in [0.15, 0.2) is 16.8 Å². The minimum Gasteiger partial charge on any atom is -0.480 e. The van der Waals surface area contributed by atoms with Crippen molar-refractivity contribution in [2.24, 2.45) is 0 Å². The average Bonchev–Trinajstić information content (AvgIpc) is 2.75. The Morgan fingerprint density at radius 3 is 2.53 bits per heavy atom. The second kappa shape index (κ2) is 6.36. The summed E-state index contributed by atoms with van der Waals surface area (Å²) >= 11 is 1.42. The number of rotatable bonds is 6. The third-order valence-corrected chi connectivity index (χ3v) is 2.88. The number of aliphatic carboxylic acids is 1. The summed E-state index contributed by atoms with van der Waals surface area (Å²) in [7, 11) is 3.77. The van der Waals surface area contributed by atoms with Crippen LogP contribution in [0.25, 0.3) is 0 Å². The van der Waals surface area contributed by atoms with Crippen LogP contribution in [0.4, 0.5) is 0 Å². The Morgan fingerprint density at radius 1 is 1.35 bits per heavy atom. The summed E-state index contributed by atoms with van der Waals surface area (Å²) in [5.74, 6) is -1.22. The zero-order chi connectivity index (χ0) is 12.8. The Balaban J connectivity index is 2.68. The van der Waals surface area contributed by atoms with E-state index in [1.807, 2.05) is 19.0 Å². The van der Waals surface area contributed by atoms with E-state index in [0.29, 0.717) is 18.7 Å². The topological polar surface area (TPSA) is 60.9 Å². The molecule has 0 aromatic carbocycles. The zero-order valence-electron chi connectivity index (χ0n) is 9.92. The van der Waals surface area contributed by atoms with Crippen LogP contribution in [0.5, 0.6) is 0 Å². The van der Waals surface area contributed by atoms with Crippen molar-refractivity contribution in [1.29, 1.82) is 0 Å². The molecule has 1 amide bonds. The van der Waals surface area contributed by atoms with Crippen molar-refractivity contribution in [1.82, 2.24) is 9.80 Å². The molecule has 1 aromatic rings. The molecule has 0 spiro atoms. The fourth-order valence-corrected chi connectivity index (χ4v) is 1.93. The summed E-state index contributed by atoms with van der Waals surface area (Å²) in [5, 5.41) is 12.3. The van der Waals surface area contributed by atoms with Gasteiger partial charge in [-0.3, -0.25) is 9.59 Å². The third kappa shape index (κ3) is 4.54. The number of carboxylic acids is 1. The summed E-state index contributed by atoms with van der Waals surface area (Å²) in [6.07, 6.45) is 0.